The molecule has 4 rings (SSSR count). The normalized spacial score (nSPS) is 28.0. The average Bonchev–Trinajstić information content (AvgIpc) is 2.53. The summed E-state index contributed by atoms with van der Waals surface area (Å²) in [5.74, 6) is 0.305. The van der Waals surface area contributed by atoms with Crippen LogP contribution in [0.4, 0.5) is 5.69 Å². The van der Waals surface area contributed by atoms with Gasteiger partial charge in [-0.25, -0.2) is 0 Å². The van der Waals surface area contributed by atoms with Crippen LogP contribution >= 0.6 is 0 Å². The predicted molar refractivity (Wildman–Crippen MR) is 94.0 cm³/mol. The summed E-state index contributed by atoms with van der Waals surface area (Å²) in [6, 6.07) is 6.56. The lowest BCUT2D eigenvalue weighted by molar-refractivity contribution is -0.0538. The van der Waals surface area contributed by atoms with Gasteiger partial charge in [-0.1, -0.05) is 11.6 Å². The van der Waals surface area contributed by atoms with E-state index in [-0.39, 0.29) is 0 Å². The first kappa shape index (κ1) is 14.9. The zero-order valence-electron chi connectivity index (χ0n) is 14.0. The van der Waals surface area contributed by atoms with E-state index in [1.165, 1.54) is 22.2 Å². The van der Waals surface area contributed by atoms with Crippen LogP contribution < -0.4 is 10.2 Å². The van der Waals surface area contributed by atoms with Gasteiger partial charge in [-0.3, -0.25) is 4.98 Å². The monoisotopic (exact) mass is 311 g/mol. The molecule has 23 heavy (non-hydrogen) atoms. The number of aryl methyl sites for hydroxylation is 2. The standard InChI is InChI=1S/C19H25N3O/c1-13-9-14(2)18-16(10-13)17(3-6-21-18)22-8-5-19(23)4-7-20-11-15(19)12-22/h3,6,9-10,15,20,23H,4-5,7-8,11-12H2,1-2H3/t15-,19-/m0/s1. The SMILES string of the molecule is Cc1cc(C)c2nccc(N3CC[C@@]4(O)CCNC[C@H]4C3)c2c1. The summed E-state index contributed by atoms with van der Waals surface area (Å²) in [6.45, 7) is 7.95. The highest BCUT2D eigenvalue weighted by atomic mass is 16.3. The number of benzene rings is 1. The van der Waals surface area contributed by atoms with Crippen LogP contribution in [0.5, 0.6) is 0 Å². The number of rotatable bonds is 1. The fraction of sp³-hybridized carbons (Fsp3) is 0.526. The van der Waals surface area contributed by atoms with Crippen molar-refractivity contribution in [2.75, 3.05) is 31.1 Å². The summed E-state index contributed by atoms with van der Waals surface area (Å²) in [5.41, 5.74) is 4.38. The molecule has 0 amide bonds. The molecule has 2 atom stereocenters. The van der Waals surface area contributed by atoms with E-state index in [1.54, 1.807) is 0 Å². The average molecular weight is 311 g/mol. The fourth-order valence-electron chi connectivity index (χ4n) is 4.32. The van der Waals surface area contributed by atoms with Crippen LogP contribution in [0.2, 0.25) is 0 Å². The van der Waals surface area contributed by atoms with Crippen molar-refractivity contribution < 1.29 is 5.11 Å². The number of nitrogens with one attached hydrogen (secondary N) is 1. The van der Waals surface area contributed by atoms with Crippen LogP contribution in [0.3, 0.4) is 0 Å². The van der Waals surface area contributed by atoms with Crippen molar-refractivity contribution in [1.82, 2.24) is 10.3 Å². The zero-order valence-corrected chi connectivity index (χ0v) is 14.0. The zero-order chi connectivity index (χ0) is 16.0. The van der Waals surface area contributed by atoms with Gasteiger partial charge in [0.25, 0.3) is 0 Å². The van der Waals surface area contributed by atoms with Gasteiger partial charge < -0.3 is 15.3 Å². The number of aromatic nitrogens is 1. The molecule has 122 valence electrons. The first-order valence-electron chi connectivity index (χ1n) is 8.61. The van der Waals surface area contributed by atoms with Crippen LogP contribution in [0.25, 0.3) is 10.9 Å². The van der Waals surface area contributed by atoms with Gasteiger partial charge in [0.2, 0.25) is 0 Å². The first-order chi connectivity index (χ1) is 11.1. The minimum absolute atomic E-state index is 0.305. The topological polar surface area (TPSA) is 48.4 Å². The molecule has 1 aromatic carbocycles. The van der Waals surface area contributed by atoms with Crippen molar-refractivity contribution in [2.24, 2.45) is 5.92 Å². The van der Waals surface area contributed by atoms with E-state index in [1.807, 2.05) is 6.20 Å². The van der Waals surface area contributed by atoms with Crippen molar-refractivity contribution in [3.8, 4) is 0 Å². The van der Waals surface area contributed by atoms with Crippen LogP contribution in [-0.4, -0.2) is 41.9 Å². The van der Waals surface area contributed by atoms with E-state index in [4.69, 9.17) is 0 Å². The molecular weight excluding hydrogens is 286 g/mol. The second-order valence-electron chi connectivity index (χ2n) is 7.26. The Balaban J connectivity index is 1.73. The Hall–Kier alpha value is -1.65. The largest absolute Gasteiger partial charge is 0.389 e. The number of piperidine rings is 2. The highest BCUT2D eigenvalue weighted by Gasteiger charge is 2.43. The Morgan fingerprint density at radius 3 is 3.04 bits per heavy atom. The van der Waals surface area contributed by atoms with Crippen molar-refractivity contribution >= 4 is 16.6 Å². The summed E-state index contributed by atoms with van der Waals surface area (Å²) in [5, 5.41) is 15.6. The molecule has 2 N–H and O–H groups in total. The van der Waals surface area contributed by atoms with Crippen molar-refractivity contribution in [2.45, 2.75) is 32.3 Å². The molecule has 2 aromatic rings. The number of pyridine rings is 1. The van der Waals surface area contributed by atoms with E-state index in [2.05, 4.69) is 47.2 Å². The van der Waals surface area contributed by atoms with Crippen LogP contribution in [0.1, 0.15) is 24.0 Å². The molecule has 0 saturated carbocycles. The lowest BCUT2D eigenvalue weighted by Gasteiger charge is -2.48. The summed E-state index contributed by atoms with van der Waals surface area (Å²) >= 11 is 0. The van der Waals surface area contributed by atoms with E-state index in [0.29, 0.717) is 5.92 Å². The maximum atomic E-state index is 10.9. The molecule has 2 aliphatic rings. The number of hydrogen-bond acceptors (Lipinski definition) is 4. The van der Waals surface area contributed by atoms with Gasteiger partial charge in [-0.2, -0.15) is 0 Å². The second kappa shape index (κ2) is 5.46. The number of hydrogen-bond donors (Lipinski definition) is 2. The van der Waals surface area contributed by atoms with Gasteiger partial charge in [0.05, 0.1) is 11.1 Å². The third-order valence-electron chi connectivity index (χ3n) is 5.64. The van der Waals surface area contributed by atoms with Crippen molar-refractivity contribution in [3.05, 3.63) is 35.5 Å². The van der Waals surface area contributed by atoms with E-state index in [0.717, 1.165) is 44.5 Å². The van der Waals surface area contributed by atoms with Gasteiger partial charge in [0.1, 0.15) is 0 Å². The smallest absolute Gasteiger partial charge is 0.0752 e. The van der Waals surface area contributed by atoms with Gasteiger partial charge in [0.15, 0.2) is 0 Å². The molecule has 3 heterocycles. The van der Waals surface area contributed by atoms with E-state index >= 15 is 0 Å². The molecule has 0 unspecified atom stereocenters. The molecule has 4 heteroatoms. The predicted octanol–water partition coefficient (Wildman–Crippen LogP) is 2.40. The van der Waals surface area contributed by atoms with Gasteiger partial charge in [-0.15, -0.1) is 0 Å². The summed E-state index contributed by atoms with van der Waals surface area (Å²) in [6.07, 6.45) is 3.65. The molecule has 2 saturated heterocycles. The number of anilines is 1. The molecule has 2 aliphatic heterocycles. The second-order valence-corrected chi connectivity index (χ2v) is 7.26. The van der Waals surface area contributed by atoms with Gasteiger partial charge >= 0.3 is 0 Å². The summed E-state index contributed by atoms with van der Waals surface area (Å²) in [7, 11) is 0. The van der Waals surface area contributed by atoms with E-state index in [9.17, 15) is 5.11 Å². The van der Waals surface area contributed by atoms with Crippen LogP contribution in [0, 0.1) is 19.8 Å². The van der Waals surface area contributed by atoms with Gasteiger partial charge in [0, 0.05) is 42.8 Å². The third kappa shape index (κ3) is 2.50. The molecule has 2 fully saturated rings. The number of nitrogens with zero attached hydrogens (tertiary/aromatic N) is 2. The Labute approximate surface area is 137 Å². The third-order valence-corrected chi connectivity index (χ3v) is 5.64. The van der Waals surface area contributed by atoms with E-state index < -0.39 is 5.60 Å². The lowest BCUT2D eigenvalue weighted by Crippen LogP contribution is -2.59. The van der Waals surface area contributed by atoms with Crippen molar-refractivity contribution in [1.29, 1.82) is 0 Å². The Bertz CT molecular complexity index is 745. The maximum absolute atomic E-state index is 10.9. The fourth-order valence-corrected chi connectivity index (χ4v) is 4.32. The molecule has 0 spiro atoms. The number of aliphatic hydroxyl groups is 1. The Kier molecular flexibility index (Phi) is 3.54. The molecule has 1 aromatic heterocycles. The minimum atomic E-state index is -0.476. The van der Waals surface area contributed by atoms with Crippen LogP contribution in [0.15, 0.2) is 24.4 Å². The molecule has 0 bridgehead atoms. The molecular formula is C19H25N3O. The molecule has 0 radical (unpaired) electrons. The highest BCUT2D eigenvalue weighted by Crippen LogP contribution is 2.37. The first-order valence-corrected chi connectivity index (χ1v) is 8.61. The van der Waals surface area contributed by atoms with Gasteiger partial charge in [-0.05, 0) is 50.9 Å². The highest BCUT2D eigenvalue weighted by molar-refractivity contribution is 5.94. The van der Waals surface area contributed by atoms with Crippen LogP contribution in [-0.2, 0) is 0 Å². The quantitative estimate of drug-likeness (QED) is 0.849. The Morgan fingerprint density at radius 2 is 2.17 bits per heavy atom. The summed E-state index contributed by atoms with van der Waals surface area (Å²) < 4.78 is 0. The minimum Gasteiger partial charge on any atom is -0.389 e. The maximum Gasteiger partial charge on any atom is 0.0752 e. The molecule has 0 aliphatic carbocycles. The lowest BCUT2D eigenvalue weighted by atomic mass is 9.76. The van der Waals surface area contributed by atoms with Crippen molar-refractivity contribution in [3.63, 3.8) is 0 Å². The Morgan fingerprint density at radius 1 is 1.30 bits per heavy atom. The summed E-state index contributed by atoms with van der Waals surface area (Å²) in [4.78, 5) is 7.02. The number of fused-ring (bicyclic) bond motifs is 2. The molecule has 4 nitrogen and oxygen atoms in total.